The predicted molar refractivity (Wildman–Crippen MR) is 84.2 cm³/mol. The number of benzene rings is 1. The lowest BCUT2D eigenvalue weighted by Gasteiger charge is -2.34. The van der Waals surface area contributed by atoms with E-state index in [0.717, 1.165) is 6.42 Å². The Balaban J connectivity index is 1.68. The highest BCUT2D eigenvalue weighted by atomic mass is 16.4. The largest absolute Gasteiger partial charge is 0.417 e. The van der Waals surface area contributed by atoms with Crippen molar-refractivity contribution in [3.8, 4) is 0 Å². The number of oxazole rings is 1. The Kier molecular flexibility index (Phi) is 4.18. The summed E-state index contributed by atoms with van der Waals surface area (Å²) in [7, 11) is 0. The third-order valence-electron chi connectivity index (χ3n) is 4.05. The first kappa shape index (κ1) is 15.3. The topological polar surface area (TPSA) is 86.6 Å². The van der Waals surface area contributed by atoms with Crippen molar-refractivity contribution in [2.75, 3.05) is 26.2 Å². The Morgan fingerprint density at radius 3 is 2.57 bits per heavy atom. The smallest absolute Gasteiger partial charge is 0.408 e. The van der Waals surface area contributed by atoms with Gasteiger partial charge in [0.2, 0.25) is 5.91 Å². The number of nitrogens with zero attached hydrogens (tertiary/aromatic N) is 2. The zero-order valence-corrected chi connectivity index (χ0v) is 13.0. The van der Waals surface area contributed by atoms with E-state index in [-0.39, 0.29) is 11.8 Å². The molecule has 0 saturated carbocycles. The van der Waals surface area contributed by atoms with Crippen molar-refractivity contribution in [1.82, 2.24) is 14.8 Å². The maximum Gasteiger partial charge on any atom is 0.417 e. The van der Waals surface area contributed by atoms with Crippen molar-refractivity contribution in [3.05, 3.63) is 34.3 Å². The van der Waals surface area contributed by atoms with Gasteiger partial charge in [0.05, 0.1) is 5.52 Å². The Hall–Kier alpha value is -2.57. The highest BCUT2D eigenvalue weighted by molar-refractivity contribution is 5.97. The summed E-state index contributed by atoms with van der Waals surface area (Å²) in [6.45, 7) is 4.15. The first-order valence-electron chi connectivity index (χ1n) is 7.78. The van der Waals surface area contributed by atoms with E-state index in [2.05, 4.69) is 4.98 Å². The number of hydrogen-bond donors (Lipinski definition) is 1. The first-order chi connectivity index (χ1) is 11.1. The van der Waals surface area contributed by atoms with Gasteiger partial charge in [0.15, 0.2) is 5.58 Å². The lowest BCUT2D eigenvalue weighted by atomic mass is 10.1. The van der Waals surface area contributed by atoms with Crippen LogP contribution < -0.4 is 5.76 Å². The summed E-state index contributed by atoms with van der Waals surface area (Å²) in [6.07, 6.45) is 1.39. The minimum atomic E-state index is -0.535. The normalized spacial score (nSPS) is 15.2. The molecule has 1 aromatic carbocycles. The molecular formula is C16H19N3O4. The lowest BCUT2D eigenvalue weighted by Crippen LogP contribution is -2.50. The Morgan fingerprint density at radius 1 is 1.17 bits per heavy atom. The van der Waals surface area contributed by atoms with E-state index in [0.29, 0.717) is 49.3 Å². The van der Waals surface area contributed by atoms with Crippen LogP contribution in [0.3, 0.4) is 0 Å². The molecular weight excluding hydrogens is 298 g/mol. The number of nitrogens with one attached hydrogen (secondary N) is 1. The van der Waals surface area contributed by atoms with E-state index in [1.807, 2.05) is 11.8 Å². The van der Waals surface area contributed by atoms with Crippen molar-refractivity contribution < 1.29 is 14.0 Å². The van der Waals surface area contributed by atoms with Gasteiger partial charge in [-0.3, -0.25) is 14.6 Å². The molecule has 2 aromatic rings. The number of piperazine rings is 1. The summed E-state index contributed by atoms with van der Waals surface area (Å²) >= 11 is 0. The quantitative estimate of drug-likeness (QED) is 0.921. The second-order valence-electron chi connectivity index (χ2n) is 5.65. The van der Waals surface area contributed by atoms with Gasteiger partial charge in [0, 0.05) is 38.2 Å². The van der Waals surface area contributed by atoms with Crippen molar-refractivity contribution in [3.63, 3.8) is 0 Å². The molecule has 0 spiro atoms. The van der Waals surface area contributed by atoms with Crippen LogP contribution in [0.1, 0.15) is 30.1 Å². The fourth-order valence-corrected chi connectivity index (χ4v) is 2.80. The van der Waals surface area contributed by atoms with Crippen LogP contribution in [0.2, 0.25) is 0 Å². The molecule has 0 unspecified atom stereocenters. The zero-order chi connectivity index (χ0) is 16.4. The van der Waals surface area contributed by atoms with Gasteiger partial charge in [0.25, 0.3) is 5.91 Å². The van der Waals surface area contributed by atoms with Gasteiger partial charge in [-0.25, -0.2) is 4.79 Å². The van der Waals surface area contributed by atoms with Gasteiger partial charge in [-0.2, -0.15) is 0 Å². The van der Waals surface area contributed by atoms with Crippen LogP contribution in [0.5, 0.6) is 0 Å². The van der Waals surface area contributed by atoms with E-state index in [4.69, 9.17) is 4.42 Å². The molecule has 0 aliphatic carbocycles. The monoisotopic (exact) mass is 317 g/mol. The molecule has 7 nitrogen and oxygen atoms in total. The minimum Gasteiger partial charge on any atom is -0.408 e. The molecule has 1 N–H and O–H groups in total. The van der Waals surface area contributed by atoms with Crippen LogP contribution in [0.4, 0.5) is 0 Å². The molecule has 1 aromatic heterocycles. The number of fused-ring (bicyclic) bond motifs is 1. The maximum atomic E-state index is 12.6. The number of amides is 2. The van der Waals surface area contributed by atoms with Crippen molar-refractivity contribution >= 4 is 22.9 Å². The number of aromatic amines is 1. The van der Waals surface area contributed by atoms with E-state index < -0.39 is 5.76 Å². The Bertz CT molecular complexity index is 784. The van der Waals surface area contributed by atoms with Crippen LogP contribution in [-0.2, 0) is 4.79 Å². The molecule has 1 fully saturated rings. The number of hydrogen-bond acceptors (Lipinski definition) is 4. The van der Waals surface area contributed by atoms with E-state index in [9.17, 15) is 14.4 Å². The molecule has 1 saturated heterocycles. The minimum absolute atomic E-state index is 0.100. The summed E-state index contributed by atoms with van der Waals surface area (Å²) in [4.78, 5) is 41.7. The lowest BCUT2D eigenvalue weighted by molar-refractivity contribution is -0.132. The molecule has 7 heteroatoms. The summed E-state index contributed by atoms with van der Waals surface area (Å²) in [5.41, 5.74) is 1.45. The highest BCUT2D eigenvalue weighted by Gasteiger charge is 2.24. The molecule has 122 valence electrons. The molecule has 0 bridgehead atoms. The van der Waals surface area contributed by atoms with Gasteiger partial charge < -0.3 is 14.2 Å². The number of carbonyl (C=O) groups excluding carboxylic acids is 2. The summed E-state index contributed by atoms with van der Waals surface area (Å²) in [6, 6.07) is 4.88. The fraction of sp³-hybridized carbons (Fsp3) is 0.438. The third kappa shape index (κ3) is 3.13. The molecule has 3 rings (SSSR count). The second-order valence-corrected chi connectivity index (χ2v) is 5.65. The molecule has 2 heterocycles. The highest BCUT2D eigenvalue weighted by Crippen LogP contribution is 2.15. The van der Waals surface area contributed by atoms with Crippen LogP contribution in [0.15, 0.2) is 27.4 Å². The first-order valence-corrected chi connectivity index (χ1v) is 7.78. The van der Waals surface area contributed by atoms with Gasteiger partial charge in [-0.1, -0.05) is 6.92 Å². The Morgan fingerprint density at radius 2 is 1.87 bits per heavy atom. The van der Waals surface area contributed by atoms with E-state index in [1.165, 1.54) is 0 Å². The maximum absolute atomic E-state index is 12.6. The van der Waals surface area contributed by atoms with Crippen molar-refractivity contribution in [1.29, 1.82) is 0 Å². The van der Waals surface area contributed by atoms with Crippen molar-refractivity contribution in [2.24, 2.45) is 0 Å². The summed E-state index contributed by atoms with van der Waals surface area (Å²) in [5.74, 6) is -0.485. The Labute approximate surface area is 132 Å². The standard InChI is InChI=1S/C16H19N3O4/c1-2-3-14(20)18-6-8-19(9-7-18)15(21)11-4-5-13-12(10-11)17-16(22)23-13/h4-5,10H,2-3,6-9H2,1H3,(H,17,22). The molecule has 0 atom stereocenters. The molecule has 2 amide bonds. The number of carbonyl (C=O) groups is 2. The fourth-order valence-electron chi connectivity index (χ4n) is 2.80. The third-order valence-corrected chi connectivity index (χ3v) is 4.05. The summed E-state index contributed by atoms with van der Waals surface area (Å²) < 4.78 is 4.93. The van der Waals surface area contributed by atoms with Gasteiger partial charge in [-0.15, -0.1) is 0 Å². The van der Waals surface area contributed by atoms with Crippen LogP contribution >= 0.6 is 0 Å². The number of rotatable bonds is 3. The second kappa shape index (κ2) is 6.28. The average molecular weight is 317 g/mol. The molecule has 1 aliphatic heterocycles. The van der Waals surface area contributed by atoms with Gasteiger partial charge in [-0.05, 0) is 24.6 Å². The molecule has 23 heavy (non-hydrogen) atoms. The average Bonchev–Trinajstić information content (AvgIpc) is 2.93. The van der Waals surface area contributed by atoms with Gasteiger partial charge >= 0.3 is 5.76 Å². The van der Waals surface area contributed by atoms with Gasteiger partial charge in [0.1, 0.15) is 0 Å². The molecule has 1 aliphatic rings. The van der Waals surface area contributed by atoms with Crippen LogP contribution in [0.25, 0.3) is 11.1 Å². The van der Waals surface area contributed by atoms with Crippen LogP contribution in [0, 0.1) is 0 Å². The van der Waals surface area contributed by atoms with E-state index in [1.54, 1.807) is 23.1 Å². The predicted octanol–water partition coefficient (Wildman–Crippen LogP) is 1.21. The number of H-pyrrole nitrogens is 1. The summed E-state index contributed by atoms with van der Waals surface area (Å²) in [5, 5.41) is 0. The van der Waals surface area contributed by atoms with Crippen molar-refractivity contribution in [2.45, 2.75) is 19.8 Å². The SMILES string of the molecule is CCCC(=O)N1CCN(C(=O)c2ccc3oc(=O)[nH]c3c2)CC1. The van der Waals surface area contributed by atoms with E-state index >= 15 is 0 Å². The molecule has 0 radical (unpaired) electrons. The zero-order valence-electron chi connectivity index (χ0n) is 13.0. The van der Waals surface area contributed by atoms with Crippen LogP contribution in [-0.4, -0.2) is 52.8 Å². The number of aromatic nitrogens is 1.